The predicted octanol–water partition coefficient (Wildman–Crippen LogP) is 3.95. The fourth-order valence-corrected chi connectivity index (χ4v) is 2.89. The second kappa shape index (κ2) is 5.53. The fraction of sp³-hybridized carbons (Fsp3) is 0.0526. The van der Waals surface area contributed by atoms with Crippen molar-refractivity contribution in [1.82, 2.24) is 9.97 Å². The van der Waals surface area contributed by atoms with Gasteiger partial charge >= 0.3 is 0 Å². The standard InChI is InChI=1S/C19H12F2N2O/c20-15-9-14-17(10-16(15)21)22-18(23-19(14)24)8-12-6-3-5-11-4-1-2-7-13(11)12/h1-7,9-10H,8H2,(H,22,23,24). The number of halogens is 2. The van der Waals surface area contributed by atoms with Gasteiger partial charge in [-0.3, -0.25) is 4.79 Å². The molecule has 0 bridgehead atoms. The molecule has 0 atom stereocenters. The Morgan fingerprint density at radius 3 is 2.54 bits per heavy atom. The molecule has 0 amide bonds. The van der Waals surface area contributed by atoms with E-state index in [1.54, 1.807) is 0 Å². The second-order valence-corrected chi connectivity index (χ2v) is 5.61. The Kier molecular flexibility index (Phi) is 3.34. The summed E-state index contributed by atoms with van der Waals surface area (Å²) < 4.78 is 26.7. The largest absolute Gasteiger partial charge is 0.310 e. The molecule has 1 aromatic heterocycles. The number of rotatable bonds is 2. The summed E-state index contributed by atoms with van der Waals surface area (Å²) in [5, 5.41) is 2.19. The molecule has 0 unspecified atom stereocenters. The van der Waals surface area contributed by atoms with Gasteiger partial charge in [-0.25, -0.2) is 13.8 Å². The van der Waals surface area contributed by atoms with Crippen molar-refractivity contribution in [2.45, 2.75) is 6.42 Å². The van der Waals surface area contributed by atoms with E-state index in [9.17, 15) is 13.6 Å². The van der Waals surface area contributed by atoms with E-state index < -0.39 is 17.2 Å². The first-order valence-corrected chi connectivity index (χ1v) is 7.46. The molecular formula is C19H12F2N2O. The zero-order valence-electron chi connectivity index (χ0n) is 12.5. The Bertz CT molecular complexity index is 1130. The third-order valence-electron chi connectivity index (χ3n) is 4.03. The van der Waals surface area contributed by atoms with Crippen molar-refractivity contribution in [3.05, 3.63) is 88.0 Å². The first-order valence-electron chi connectivity index (χ1n) is 7.46. The first-order chi connectivity index (χ1) is 11.6. The summed E-state index contributed by atoms with van der Waals surface area (Å²) in [4.78, 5) is 19.1. The predicted molar refractivity (Wildman–Crippen MR) is 89.0 cm³/mol. The highest BCUT2D eigenvalue weighted by Crippen LogP contribution is 2.21. The van der Waals surface area contributed by atoms with Crippen LogP contribution in [-0.2, 0) is 6.42 Å². The van der Waals surface area contributed by atoms with Gasteiger partial charge in [-0.1, -0.05) is 42.5 Å². The van der Waals surface area contributed by atoms with Crippen molar-refractivity contribution in [2.75, 3.05) is 0 Å². The molecular weight excluding hydrogens is 310 g/mol. The molecule has 1 heterocycles. The van der Waals surface area contributed by atoms with Crippen molar-refractivity contribution in [3.8, 4) is 0 Å². The van der Waals surface area contributed by atoms with Gasteiger partial charge in [-0.2, -0.15) is 0 Å². The average Bonchev–Trinajstić information content (AvgIpc) is 2.57. The highest BCUT2D eigenvalue weighted by molar-refractivity contribution is 5.86. The summed E-state index contributed by atoms with van der Waals surface area (Å²) in [6, 6.07) is 15.6. The third kappa shape index (κ3) is 2.44. The van der Waals surface area contributed by atoms with E-state index in [4.69, 9.17) is 0 Å². The van der Waals surface area contributed by atoms with Gasteiger partial charge in [0.2, 0.25) is 0 Å². The van der Waals surface area contributed by atoms with Crippen LogP contribution in [0.4, 0.5) is 8.78 Å². The van der Waals surface area contributed by atoms with E-state index in [0.717, 1.165) is 28.5 Å². The third-order valence-corrected chi connectivity index (χ3v) is 4.03. The molecule has 0 aliphatic rings. The van der Waals surface area contributed by atoms with Crippen molar-refractivity contribution < 1.29 is 8.78 Å². The van der Waals surface area contributed by atoms with Gasteiger partial charge in [0.25, 0.3) is 5.56 Å². The Morgan fingerprint density at radius 1 is 0.917 bits per heavy atom. The van der Waals surface area contributed by atoms with E-state index in [2.05, 4.69) is 9.97 Å². The molecule has 0 saturated heterocycles. The molecule has 4 aromatic rings. The zero-order valence-corrected chi connectivity index (χ0v) is 12.5. The Morgan fingerprint density at radius 2 is 1.67 bits per heavy atom. The Hall–Kier alpha value is -3.08. The number of aromatic nitrogens is 2. The zero-order chi connectivity index (χ0) is 16.7. The quantitative estimate of drug-likeness (QED) is 0.607. The van der Waals surface area contributed by atoms with Crippen LogP contribution in [0.1, 0.15) is 11.4 Å². The van der Waals surface area contributed by atoms with Crippen LogP contribution in [-0.4, -0.2) is 9.97 Å². The van der Waals surface area contributed by atoms with E-state index >= 15 is 0 Å². The minimum atomic E-state index is -1.06. The number of hydrogen-bond acceptors (Lipinski definition) is 2. The van der Waals surface area contributed by atoms with Crippen LogP contribution < -0.4 is 5.56 Å². The van der Waals surface area contributed by atoms with E-state index in [0.29, 0.717) is 12.2 Å². The molecule has 0 aliphatic heterocycles. The molecule has 0 radical (unpaired) electrons. The highest BCUT2D eigenvalue weighted by atomic mass is 19.2. The summed E-state index contributed by atoms with van der Waals surface area (Å²) in [5.41, 5.74) is 0.667. The van der Waals surface area contributed by atoms with E-state index in [1.807, 2.05) is 42.5 Å². The van der Waals surface area contributed by atoms with Crippen LogP contribution in [0.5, 0.6) is 0 Å². The molecule has 24 heavy (non-hydrogen) atoms. The van der Waals surface area contributed by atoms with Crippen LogP contribution in [0.15, 0.2) is 59.4 Å². The lowest BCUT2D eigenvalue weighted by atomic mass is 10.0. The fourth-order valence-electron chi connectivity index (χ4n) is 2.89. The maximum absolute atomic E-state index is 13.4. The Balaban J connectivity index is 1.85. The molecule has 0 spiro atoms. The lowest BCUT2D eigenvalue weighted by Crippen LogP contribution is -2.13. The van der Waals surface area contributed by atoms with Gasteiger partial charge in [0.1, 0.15) is 5.82 Å². The minimum Gasteiger partial charge on any atom is -0.310 e. The van der Waals surface area contributed by atoms with E-state index in [1.165, 1.54) is 0 Å². The monoisotopic (exact) mass is 322 g/mol. The van der Waals surface area contributed by atoms with Crippen LogP contribution >= 0.6 is 0 Å². The minimum absolute atomic E-state index is 0.0376. The SMILES string of the molecule is O=c1[nH]c(Cc2cccc3ccccc23)nc2cc(F)c(F)cc12. The molecule has 3 nitrogen and oxygen atoms in total. The van der Waals surface area contributed by atoms with Crippen LogP contribution in [0, 0.1) is 11.6 Å². The van der Waals surface area contributed by atoms with Crippen molar-refractivity contribution in [1.29, 1.82) is 0 Å². The van der Waals surface area contributed by atoms with Gasteiger partial charge in [-0.05, 0) is 22.4 Å². The van der Waals surface area contributed by atoms with Crippen molar-refractivity contribution >= 4 is 21.7 Å². The molecule has 5 heteroatoms. The second-order valence-electron chi connectivity index (χ2n) is 5.61. The topological polar surface area (TPSA) is 45.8 Å². The average molecular weight is 322 g/mol. The molecule has 0 fully saturated rings. The normalized spacial score (nSPS) is 11.2. The summed E-state index contributed by atoms with van der Waals surface area (Å²) in [5.74, 6) is -1.66. The van der Waals surface area contributed by atoms with Crippen LogP contribution in [0.2, 0.25) is 0 Å². The maximum atomic E-state index is 13.4. The summed E-state index contributed by atoms with van der Waals surface area (Å²) in [6.45, 7) is 0. The molecule has 118 valence electrons. The summed E-state index contributed by atoms with van der Waals surface area (Å²) >= 11 is 0. The maximum Gasteiger partial charge on any atom is 0.258 e. The smallest absolute Gasteiger partial charge is 0.258 e. The number of nitrogens with zero attached hydrogens (tertiary/aromatic N) is 1. The lowest BCUT2D eigenvalue weighted by Gasteiger charge is -2.07. The van der Waals surface area contributed by atoms with Gasteiger partial charge < -0.3 is 4.98 Å². The van der Waals surface area contributed by atoms with Gasteiger partial charge in [0, 0.05) is 12.5 Å². The van der Waals surface area contributed by atoms with Crippen LogP contribution in [0.3, 0.4) is 0 Å². The van der Waals surface area contributed by atoms with Crippen molar-refractivity contribution in [3.63, 3.8) is 0 Å². The molecule has 0 saturated carbocycles. The summed E-state index contributed by atoms with van der Waals surface area (Å²) in [6.07, 6.45) is 0.394. The lowest BCUT2D eigenvalue weighted by molar-refractivity contribution is 0.510. The number of nitrogens with one attached hydrogen (secondary N) is 1. The molecule has 1 N–H and O–H groups in total. The molecule has 4 rings (SSSR count). The van der Waals surface area contributed by atoms with Gasteiger partial charge in [0.15, 0.2) is 11.6 Å². The molecule has 3 aromatic carbocycles. The van der Waals surface area contributed by atoms with Crippen molar-refractivity contribution in [2.24, 2.45) is 0 Å². The number of fused-ring (bicyclic) bond motifs is 2. The number of H-pyrrole nitrogens is 1. The van der Waals surface area contributed by atoms with Crippen LogP contribution in [0.25, 0.3) is 21.7 Å². The van der Waals surface area contributed by atoms with E-state index in [-0.39, 0.29) is 10.9 Å². The number of hydrogen-bond donors (Lipinski definition) is 1. The number of aromatic amines is 1. The highest BCUT2D eigenvalue weighted by Gasteiger charge is 2.11. The first kappa shape index (κ1) is 14.5. The van der Waals surface area contributed by atoms with Gasteiger partial charge in [0.05, 0.1) is 10.9 Å². The summed E-state index contributed by atoms with van der Waals surface area (Å²) in [7, 11) is 0. The van der Waals surface area contributed by atoms with Gasteiger partial charge in [-0.15, -0.1) is 0 Å². The molecule has 0 aliphatic carbocycles. The Labute approximate surface area is 135 Å². The number of benzene rings is 3.